The Balaban J connectivity index is 1.56. The van der Waals surface area contributed by atoms with Crippen LogP contribution in [0.25, 0.3) is 0 Å². The van der Waals surface area contributed by atoms with E-state index < -0.39 is 5.54 Å². The zero-order chi connectivity index (χ0) is 17.9. The third-order valence-electron chi connectivity index (χ3n) is 5.25. The SMILES string of the molecule is CCC1(C2CCN(Cc3cnc(COC)nc3)CC2)NC(=O)NC1=O. The lowest BCUT2D eigenvalue weighted by Crippen LogP contribution is -2.55. The Morgan fingerprint density at radius 2 is 1.96 bits per heavy atom. The molecule has 2 fully saturated rings. The molecule has 8 heteroatoms. The highest BCUT2D eigenvalue weighted by atomic mass is 16.5. The molecule has 1 atom stereocenters. The summed E-state index contributed by atoms with van der Waals surface area (Å²) < 4.78 is 5.02. The van der Waals surface area contributed by atoms with Crippen molar-refractivity contribution < 1.29 is 14.3 Å². The molecule has 0 aliphatic carbocycles. The van der Waals surface area contributed by atoms with E-state index in [-0.39, 0.29) is 17.9 Å². The number of urea groups is 1. The summed E-state index contributed by atoms with van der Waals surface area (Å²) in [6.45, 7) is 4.93. The van der Waals surface area contributed by atoms with Gasteiger partial charge in [0, 0.05) is 31.6 Å². The Labute approximate surface area is 147 Å². The van der Waals surface area contributed by atoms with E-state index in [0.717, 1.165) is 38.0 Å². The highest BCUT2D eigenvalue weighted by Gasteiger charge is 2.50. The number of carbonyl (C=O) groups is 2. The minimum atomic E-state index is -0.742. The van der Waals surface area contributed by atoms with Gasteiger partial charge >= 0.3 is 6.03 Å². The van der Waals surface area contributed by atoms with Crippen molar-refractivity contribution in [2.75, 3.05) is 20.2 Å². The molecule has 0 bridgehead atoms. The van der Waals surface area contributed by atoms with E-state index in [2.05, 4.69) is 25.5 Å². The van der Waals surface area contributed by atoms with Crippen LogP contribution in [0.1, 0.15) is 37.6 Å². The molecular weight excluding hydrogens is 322 g/mol. The Kier molecular flexibility index (Phi) is 5.29. The van der Waals surface area contributed by atoms with Crippen molar-refractivity contribution >= 4 is 11.9 Å². The first-order valence-corrected chi connectivity index (χ1v) is 8.72. The summed E-state index contributed by atoms with van der Waals surface area (Å²) in [6.07, 6.45) is 6.05. The van der Waals surface area contributed by atoms with Crippen molar-refractivity contribution in [2.45, 2.75) is 44.9 Å². The van der Waals surface area contributed by atoms with Gasteiger partial charge in [0.2, 0.25) is 0 Å². The molecule has 0 spiro atoms. The van der Waals surface area contributed by atoms with E-state index in [1.165, 1.54) is 0 Å². The number of likely N-dealkylation sites (tertiary alicyclic amines) is 1. The van der Waals surface area contributed by atoms with E-state index in [0.29, 0.717) is 18.9 Å². The third kappa shape index (κ3) is 3.64. The molecule has 3 heterocycles. The molecule has 2 aliphatic heterocycles. The summed E-state index contributed by atoms with van der Waals surface area (Å²) in [6, 6.07) is -0.373. The lowest BCUT2D eigenvalue weighted by molar-refractivity contribution is -0.126. The number of ether oxygens (including phenoxy) is 1. The van der Waals surface area contributed by atoms with Crippen LogP contribution in [-0.4, -0.2) is 52.5 Å². The lowest BCUT2D eigenvalue weighted by Gasteiger charge is -2.40. The molecule has 3 amide bonds. The maximum atomic E-state index is 12.3. The van der Waals surface area contributed by atoms with Crippen LogP contribution in [0.4, 0.5) is 4.79 Å². The van der Waals surface area contributed by atoms with Gasteiger partial charge in [-0.3, -0.25) is 15.0 Å². The van der Waals surface area contributed by atoms with Gasteiger partial charge in [-0.1, -0.05) is 6.92 Å². The number of hydrogen-bond donors (Lipinski definition) is 2. The molecule has 1 aromatic heterocycles. The number of hydrogen-bond acceptors (Lipinski definition) is 6. The summed E-state index contributed by atoms with van der Waals surface area (Å²) in [7, 11) is 1.62. The second-order valence-electron chi connectivity index (χ2n) is 6.72. The standard InChI is InChI=1S/C17H25N5O3/c1-3-17(15(23)20-16(24)21-17)13-4-6-22(7-5-13)10-12-8-18-14(11-25-2)19-9-12/h8-9,13H,3-7,10-11H2,1-2H3,(H2,20,21,23,24). The van der Waals surface area contributed by atoms with Crippen LogP contribution < -0.4 is 10.6 Å². The predicted octanol–water partition coefficient (Wildman–Crippen LogP) is 0.823. The largest absolute Gasteiger partial charge is 0.377 e. The maximum Gasteiger partial charge on any atom is 0.322 e. The average Bonchev–Trinajstić information content (AvgIpc) is 2.92. The van der Waals surface area contributed by atoms with Crippen molar-refractivity contribution in [1.82, 2.24) is 25.5 Å². The number of imide groups is 1. The van der Waals surface area contributed by atoms with Gasteiger partial charge in [-0.2, -0.15) is 0 Å². The number of piperidine rings is 1. The zero-order valence-corrected chi connectivity index (χ0v) is 14.7. The molecule has 0 aromatic carbocycles. The van der Waals surface area contributed by atoms with E-state index in [9.17, 15) is 9.59 Å². The van der Waals surface area contributed by atoms with Crippen LogP contribution in [0.3, 0.4) is 0 Å². The first kappa shape index (κ1) is 17.8. The monoisotopic (exact) mass is 347 g/mol. The Hall–Kier alpha value is -2.06. The molecule has 136 valence electrons. The molecule has 3 rings (SSSR count). The van der Waals surface area contributed by atoms with Crippen LogP contribution >= 0.6 is 0 Å². The van der Waals surface area contributed by atoms with Gasteiger partial charge in [0.1, 0.15) is 12.1 Å². The van der Waals surface area contributed by atoms with Crippen LogP contribution in [0.2, 0.25) is 0 Å². The number of rotatable bonds is 6. The van der Waals surface area contributed by atoms with E-state index >= 15 is 0 Å². The summed E-state index contributed by atoms with van der Waals surface area (Å²) in [5, 5.41) is 5.26. The van der Waals surface area contributed by atoms with Crippen LogP contribution in [0, 0.1) is 5.92 Å². The van der Waals surface area contributed by atoms with Crippen molar-refractivity contribution in [3.8, 4) is 0 Å². The van der Waals surface area contributed by atoms with Crippen molar-refractivity contribution in [2.24, 2.45) is 5.92 Å². The molecule has 1 aromatic rings. The lowest BCUT2D eigenvalue weighted by atomic mass is 9.76. The van der Waals surface area contributed by atoms with Crippen LogP contribution in [0.15, 0.2) is 12.4 Å². The van der Waals surface area contributed by atoms with Gasteiger partial charge in [-0.25, -0.2) is 14.8 Å². The molecule has 2 aliphatic rings. The summed E-state index contributed by atoms with van der Waals surface area (Å²) in [5.41, 5.74) is 0.323. The quantitative estimate of drug-likeness (QED) is 0.740. The van der Waals surface area contributed by atoms with E-state index in [1.54, 1.807) is 7.11 Å². The van der Waals surface area contributed by atoms with E-state index in [1.807, 2.05) is 19.3 Å². The Morgan fingerprint density at radius 1 is 1.28 bits per heavy atom. The van der Waals surface area contributed by atoms with Crippen molar-refractivity contribution in [1.29, 1.82) is 0 Å². The fourth-order valence-corrected chi connectivity index (χ4v) is 3.84. The number of aromatic nitrogens is 2. The van der Waals surface area contributed by atoms with Gasteiger partial charge < -0.3 is 10.1 Å². The smallest absolute Gasteiger partial charge is 0.322 e. The van der Waals surface area contributed by atoms with Gasteiger partial charge in [-0.15, -0.1) is 0 Å². The molecule has 25 heavy (non-hydrogen) atoms. The van der Waals surface area contributed by atoms with Crippen molar-refractivity contribution in [3.05, 3.63) is 23.8 Å². The molecule has 0 saturated carbocycles. The number of amides is 3. The zero-order valence-electron chi connectivity index (χ0n) is 14.7. The summed E-state index contributed by atoms with van der Waals surface area (Å²) in [4.78, 5) is 34.8. The second-order valence-corrected chi connectivity index (χ2v) is 6.72. The number of nitrogens with one attached hydrogen (secondary N) is 2. The summed E-state index contributed by atoms with van der Waals surface area (Å²) >= 11 is 0. The first-order chi connectivity index (χ1) is 12.1. The molecule has 1 unspecified atom stereocenters. The summed E-state index contributed by atoms with van der Waals surface area (Å²) in [5.74, 6) is 0.666. The van der Waals surface area contributed by atoms with E-state index in [4.69, 9.17) is 4.74 Å². The third-order valence-corrected chi connectivity index (χ3v) is 5.25. The number of methoxy groups -OCH3 is 1. The van der Waals surface area contributed by atoms with Gasteiger partial charge in [0.05, 0.1) is 0 Å². The minimum absolute atomic E-state index is 0.167. The normalized spacial score (nSPS) is 25.0. The van der Waals surface area contributed by atoms with Gasteiger partial charge in [0.15, 0.2) is 5.82 Å². The van der Waals surface area contributed by atoms with Gasteiger partial charge in [0.25, 0.3) is 5.91 Å². The fraction of sp³-hybridized carbons (Fsp3) is 0.647. The maximum absolute atomic E-state index is 12.3. The molecule has 2 N–H and O–H groups in total. The number of nitrogens with zero attached hydrogens (tertiary/aromatic N) is 3. The molecular formula is C17H25N5O3. The Morgan fingerprint density at radius 3 is 2.48 bits per heavy atom. The highest BCUT2D eigenvalue weighted by molar-refractivity contribution is 6.07. The first-order valence-electron chi connectivity index (χ1n) is 8.72. The molecule has 0 radical (unpaired) electrons. The average molecular weight is 347 g/mol. The molecule has 2 saturated heterocycles. The fourth-order valence-electron chi connectivity index (χ4n) is 3.84. The van der Waals surface area contributed by atoms with Crippen molar-refractivity contribution in [3.63, 3.8) is 0 Å². The van der Waals surface area contributed by atoms with Crippen LogP contribution in [0.5, 0.6) is 0 Å². The highest BCUT2D eigenvalue weighted by Crippen LogP contribution is 2.33. The number of carbonyl (C=O) groups excluding carboxylic acids is 2. The van der Waals surface area contributed by atoms with Gasteiger partial charge in [-0.05, 0) is 38.3 Å². The van der Waals surface area contributed by atoms with Crippen LogP contribution in [-0.2, 0) is 22.7 Å². The topological polar surface area (TPSA) is 96.4 Å². The minimum Gasteiger partial charge on any atom is -0.377 e. The Bertz CT molecular complexity index is 628. The molecule has 8 nitrogen and oxygen atoms in total. The predicted molar refractivity (Wildman–Crippen MR) is 90.4 cm³/mol. The second kappa shape index (κ2) is 7.45.